The number of fused-ring (bicyclic) bond motifs is 1. The fourth-order valence-electron chi connectivity index (χ4n) is 4.22. The predicted octanol–water partition coefficient (Wildman–Crippen LogP) is 4.38. The first kappa shape index (κ1) is 19.4. The fourth-order valence-corrected chi connectivity index (χ4v) is 4.22. The molecule has 0 bridgehead atoms. The minimum atomic E-state index is -0.119. The lowest BCUT2D eigenvalue weighted by Gasteiger charge is -2.26. The highest BCUT2D eigenvalue weighted by Gasteiger charge is 2.27. The molecule has 0 saturated heterocycles. The van der Waals surface area contributed by atoms with Gasteiger partial charge in [0.2, 0.25) is 5.89 Å². The van der Waals surface area contributed by atoms with Gasteiger partial charge in [0.15, 0.2) is 0 Å². The van der Waals surface area contributed by atoms with Gasteiger partial charge >= 0.3 is 0 Å². The van der Waals surface area contributed by atoms with E-state index in [9.17, 15) is 4.79 Å². The SMILES string of the molecule is O=C(NCC1CCC(c2nnc(-c3nccc4ccccc34)o2)CC1)c1ccccn1. The molecule has 1 amide bonds. The zero-order valence-electron chi connectivity index (χ0n) is 17.1. The summed E-state index contributed by atoms with van der Waals surface area (Å²) in [4.78, 5) is 20.8. The molecule has 4 aromatic rings. The highest BCUT2D eigenvalue weighted by molar-refractivity contribution is 5.92. The van der Waals surface area contributed by atoms with Gasteiger partial charge in [0, 0.05) is 30.2 Å². The molecule has 0 spiro atoms. The molecule has 0 aliphatic heterocycles. The van der Waals surface area contributed by atoms with Crippen molar-refractivity contribution in [1.82, 2.24) is 25.5 Å². The van der Waals surface area contributed by atoms with E-state index in [0.29, 0.717) is 29.9 Å². The first-order valence-electron chi connectivity index (χ1n) is 10.6. The van der Waals surface area contributed by atoms with Crippen LogP contribution in [0.3, 0.4) is 0 Å². The second-order valence-corrected chi connectivity index (χ2v) is 7.97. The summed E-state index contributed by atoms with van der Waals surface area (Å²) < 4.78 is 6.05. The summed E-state index contributed by atoms with van der Waals surface area (Å²) in [5.74, 6) is 1.73. The minimum absolute atomic E-state index is 0.119. The number of rotatable bonds is 5. The molecule has 3 heterocycles. The number of nitrogens with zero attached hydrogens (tertiary/aromatic N) is 4. The van der Waals surface area contributed by atoms with Crippen LogP contribution in [0.5, 0.6) is 0 Å². The summed E-state index contributed by atoms with van der Waals surface area (Å²) in [6.45, 7) is 0.664. The predicted molar refractivity (Wildman–Crippen MR) is 116 cm³/mol. The summed E-state index contributed by atoms with van der Waals surface area (Å²) in [6.07, 6.45) is 7.36. The Labute approximate surface area is 179 Å². The van der Waals surface area contributed by atoms with Crippen molar-refractivity contribution < 1.29 is 9.21 Å². The third-order valence-corrected chi connectivity index (χ3v) is 5.96. The molecule has 0 unspecified atom stereocenters. The van der Waals surface area contributed by atoms with Gasteiger partial charge in [0.1, 0.15) is 11.4 Å². The summed E-state index contributed by atoms with van der Waals surface area (Å²) >= 11 is 0. The van der Waals surface area contributed by atoms with Gasteiger partial charge in [-0.05, 0) is 55.2 Å². The second kappa shape index (κ2) is 8.63. The maximum atomic E-state index is 12.2. The third kappa shape index (κ3) is 4.17. The first-order valence-corrected chi connectivity index (χ1v) is 10.6. The molecule has 3 aromatic heterocycles. The number of aromatic nitrogens is 4. The van der Waals surface area contributed by atoms with E-state index in [1.165, 1.54) is 0 Å². The van der Waals surface area contributed by atoms with E-state index >= 15 is 0 Å². The highest BCUT2D eigenvalue weighted by atomic mass is 16.4. The van der Waals surface area contributed by atoms with Gasteiger partial charge in [-0.25, -0.2) is 0 Å². The van der Waals surface area contributed by atoms with Crippen molar-refractivity contribution in [3.05, 3.63) is 72.5 Å². The van der Waals surface area contributed by atoms with Crippen LogP contribution in [-0.2, 0) is 0 Å². The average molecular weight is 413 g/mol. The molecule has 1 N–H and O–H groups in total. The van der Waals surface area contributed by atoms with E-state index in [4.69, 9.17) is 4.42 Å². The van der Waals surface area contributed by atoms with Crippen molar-refractivity contribution >= 4 is 16.7 Å². The van der Waals surface area contributed by atoms with Crippen molar-refractivity contribution in [1.29, 1.82) is 0 Å². The molecule has 1 aliphatic carbocycles. The Morgan fingerprint density at radius 3 is 2.61 bits per heavy atom. The van der Waals surface area contributed by atoms with Crippen molar-refractivity contribution in [2.75, 3.05) is 6.54 Å². The topological polar surface area (TPSA) is 93.8 Å². The molecule has 31 heavy (non-hydrogen) atoms. The minimum Gasteiger partial charge on any atom is -0.419 e. The van der Waals surface area contributed by atoms with Crippen molar-refractivity contribution in [3.8, 4) is 11.6 Å². The number of benzene rings is 1. The van der Waals surface area contributed by atoms with E-state index in [1.54, 1.807) is 24.5 Å². The van der Waals surface area contributed by atoms with Crippen LogP contribution in [-0.4, -0.2) is 32.6 Å². The number of amides is 1. The molecule has 1 saturated carbocycles. The molecule has 1 fully saturated rings. The molecule has 7 nitrogen and oxygen atoms in total. The first-order chi connectivity index (χ1) is 15.3. The van der Waals surface area contributed by atoms with Crippen LogP contribution in [0, 0.1) is 5.92 Å². The molecular formula is C24H23N5O2. The van der Waals surface area contributed by atoms with E-state index < -0.39 is 0 Å². The lowest BCUT2D eigenvalue weighted by atomic mass is 9.82. The van der Waals surface area contributed by atoms with Gasteiger partial charge in [0.25, 0.3) is 11.8 Å². The van der Waals surface area contributed by atoms with Crippen molar-refractivity contribution in [2.24, 2.45) is 5.92 Å². The Morgan fingerprint density at radius 2 is 1.77 bits per heavy atom. The summed E-state index contributed by atoms with van der Waals surface area (Å²) in [6, 6.07) is 15.4. The Morgan fingerprint density at radius 1 is 0.935 bits per heavy atom. The molecular weight excluding hydrogens is 390 g/mol. The Balaban J connectivity index is 1.20. The van der Waals surface area contributed by atoms with E-state index in [2.05, 4.69) is 25.5 Å². The van der Waals surface area contributed by atoms with Gasteiger partial charge < -0.3 is 9.73 Å². The average Bonchev–Trinajstić information content (AvgIpc) is 3.33. The zero-order valence-corrected chi connectivity index (χ0v) is 17.1. The van der Waals surface area contributed by atoms with Crippen molar-refractivity contribution in [2.45, 2.75) is 31.6 Å². The number of pyridine rings is 2. The lowest BCUT2D eigenvalue weighted by Crippen LogP contribution is -2.31. The number of carbonyl (C=O) groups is 1. The molecule has 1 aliphatic rings. The second-order valence-electron chi connectivity index (χ2n) is 7.97. The smallest absolute Gasteiger partial charge is 0.269 e. The maximum absolute atomic E-state index is 12.2. The molecule has 7 heteroatoms. The van der Waals surface area contributed by atoms with Crippen LogP contribution in [0.25, 0.3) is 22.4 Å². The van der Waals surface area contributed by atoms with Gasteiger partial charge in [-0.2, -0.15) is 0 Å². The van der Waals surface area contributed by atoms with Crippen LogP contribution in [0.4, 0.5) is 0 Å². The fraction of sp³-hybridized carbons (Fsp3) is 0.292. The molecule has 5 rings (SSSR count). The number of nitrogens with one attached hydrogen (secondary N) is 1. The van der Waals surface area contributed by atoms with E-state index in [0.717, 1.165) is 42.1 Å². The number of carbonyl (C=O) groups excluding carboxylic acids is 1. The van der Waals surface area contributed by atoms with Crippen LogP contribution in [0.1, 0.15) is 48.0 Å². The molecule has 1 aromatic carbocycles. The van der Waals surface area contributed by atoms with E-state index in [1.807, 2.05) is 36.4 Å². The molecule has 0 atom stereocenters. The van der Waals surface area contributed by atoms with Crippen LogP contribution in [0.15, 0.2) is 65.3 Å². The van der Waals surface area contributed by atoms with Gasteiger partial charge in [-0.3, -0.25) is 14.8 Å². The largest absolute Gasteiger partial charge is 0.419 e. The summed E-state index contributed by atoms with van der Waals surface area (Å²) in [7, 11) is 0. The van der Waals surface area contributed by atoms with Crippen LogP contribution in [0.2, 0.25) is 0 Å². The Hall–Kier alpha value is -3.61. The van der Waals surface area contributed by atoms with Crippen molar-refractivity contribution in [3.63, 3.8) is 0 Å². The lowest BCUT2D eigenvalue weighted by molar-refractivity contribution is 0.0937. The monoisotopic (exact) mass is 413 g/mol. The quantitative estimate of drug-likeness (QED) is 0.522. The highest BCUT2D eigenvalue weighted by Crippen LogP contribution is 2.36. The summed E-state index contributed by atoms with van der Waals surface area (Å²) in [5, 5.41) is 13.7. The molecule has 156 valence electrons. The third-order valence-electron chi connectivity index (χ3n) is 5.96. The van der Waals surface area contributed by atoms with Crippen LogP contribution < -0.4 is 5.32 Å². The zero-order chi connectivity index (χ0) is 21.0. The standard InChI is InChI=1S/C24H23N5O2/c30-22(20-7-3-4-13-25-20)27-15-16-8-10-18(11-9-16)23-28-29-24(31-23)21-19-6-2-1-5-17(19)12-14-26-21/h1-7,12-14,16,18H,8-11,15H2,(H,27,30). The maximum Gasteiger partial charge on any atom is 0.269 e. The number of hydrogen-bond donors (Lipinski definition) is 1. The van der Waals surface area contributed by atoms with Gasteiger partial charge in [-0.1, -0.05) is 30.3 Å². The normalized spacial score (nSPS) is 18.7. The van der Waals surface area contributed by atoms with E-state index in [-0.39, 0.29) is 11.8 Å². The summed E-state index contributed by atoms with van der Waals surface area (Å²) in [5.41, 5.74) is 1.18. The van der Waals surface area contributed by atoms with Gasteiger partial charge in [-0.15, -0.1) is 10.2 Å². The molecule has 0 radical (unpaired) electrons. The number of hydrogen-bond acceptors (Lipinski definition) is 6. The van der Waals surface area contributed by atoms with Crippen LogP contribution >= 0.6 is 0 Å². The Bertz CT molecular complexity index is 1180. The van der Waals surface area contributed by atoms with Gasteiger partial charge in [0.05, 0.1) is 0 Å². The Kier molecular flexibility index (Phi) is 5.39.